The number of carbonyl (C=O) groups excluding carboxylic acids is 1. The SMILES string of the molecule is COc1ccc(-n2c(C)cc(C=C(C#N)C(=O)Nc3ccc([N+](=O)[O-])cc3C)c2C)cc1. The number of ether oxygens (including phenoxy) is 1. The summed E-state index contributed by atoms with van der Waals surface area (Å²) in [5.74, 6) is 0.167. The van der Waals surface area contributed by atoms with Gasteiger partial charge in [-0.25, -0.2) is 0 Å². The van der Waals surface area contributed by atoms with Crippen LogP contribution in [0.4, 0.5) is 11.4 Å². The van der Waals surface area contributed by atoms with E-state index < -0.39 is 10.8 Å². The lowest BCUT2D eigenvalue weighted by Gasteiger charge is -2.10. The molecule has 0 aliphatic rings. The fourth-order valence-corrected chi connectivity index (χ4v) is 3.46. The molecule has 1 N–H and O–H groups in total. The van der Waals surface area contributed by atoms with Gasteiger partial charge in [-0.3, -0.25) is 14.9 Å². The summed E-state index contributed by atoms with van der Waals surface area (Å²) < 4.78 is 7.23. The van der Waals surface area contributed by atoms with Crippen molar-refractivity contribution < 1.29 is 14.5 Å². The molecule has 0 aliphatic heterocycles. The smallest absolute Gasteiger partial charge is 0.269 e. The summed E-state index contributed by atoms with van der Waals surface area (Å²) in [5, 5.41) is 23.1. The van der Waals surface area contributed by atoms with E-state index in [0.717, 1.165) is 28.4 Å². The molecule has 0 unspecified atom stereocenters. The predicted octanol–water partition coefficient (Wildman–Crippen LogP) is 4.87. The van der Waals surface area contributed by atoms with Gasteiger partial charge in [0.1, 0.15) is 17.4 Å². The van der Waals surface area contributed by atoms with Crippen molar-refractivity contribution in [3.63, 3.8) is 0 Å². The third kappa shape index (κ3) is 4.52. The van der Waals surface area contributed by atoms with Crippen LogP contribution in [-0.2, 0) is 4.79 Å². The van der Waals surface area contributed by atoms with Crippen LogP contribution in [0, 0.1) is 42.2 Å². The van der Waals surface area contributed by atoms with Crippen molar-refractivity contribution >= 4 is 23.4 Å². The van der Waals surface area contributed by atoms with E-state index in [1.807, 2.05) is 54.8 Å². The number of nitro benzene ring substituents is 1. The maximum absolute atomic E-state index is 12.7. The molecule has 0 radical (unpaired) electrons. The summed E-state index contributed by atoms with van der Waals surface area (Å²) in [6.45, 7) is 5.51. The molecule has 8 nitrogen and oxygen atoms in total. The second kappa shape index (κ2) is 9.18. The number of benzene rings is 2. The molecule has 32 heavy (non-hydrogen) atoms. The molecule has 1 amide bonds. The minimum absolute atomic E-state index is 0.0671. The Kier molecular flexibility index (Phi) is 6.40. The zero-order valence-electron chi connectivity index (χ0n) is 18.2. The number of nitro groups is 1. The van der Waals surface area contributed by atoms with Crippen LogP contribution in [0.1, 0.15) is 22.5 Å². The number of methoxy groups -OCH3 is 1. The monoisotopic (exact) mass is 430 g/mol. The molecule has 3 rings (SSSR count). The molecule has 0 saturated carbocycles. The average Bonchev–Trinajstić information content (AvgIpc) is 3.05. The van der Waals surface area contributed by atoms with E-state index in [0.29, 0.717) is 11.3 Å². The lowest BCUT2D eigenvalue weighted by molar-refractivity contribution is -0.384. The van der Waals surface area contributed by atoms with Crippen LogP contribution in [0.2, 0.25) is 0 Å². The van der Waals surface area contributed by atoms with E-state index in [1.54, 1.807) is 20.1 Å². The average molecular weight is 430 g/mol. The number of rotatable bonds is 6. The van der Waals surface area contributed by atoms with Gasteiger partial charge in [0.15, 0.2) is 0 Å². The number of nitriles is 1. The summed E-state index contributed by atoms with van der Waals surface area (Å²) in [7, 11) is 1.61. The fourth-order valence-electron chi connectivity index (χ4n) is 3.46. The Balaban J connectivity index is 1.90. The van der Waals surface area contributed by atoms with E-state index >= 15 is 0 Å². The topological polar surface area (TPSA) is 110 Å². The molecule has 0 saturated heterocycles. The van der Waals surface area contributed by atoms with Gasteiger partial charge in [-0.05, 0) is 74.4 Å². The Labute approximate surface area is 185 Å². The quantitative estimate of drug-likeness (QED) is 0.260. The molecule has 0 bridgehead atoms. The second-order valence-electron chi connectivity index (χ2n) is 7.24. The number of hydrogen-bond acceptors (Lipinski definition) is 5. The van der Waals surface area contributed by atoms with Crippen molar-refractivity contribution in [2.24, 2.45) is 0 Å². The summed E-state index contributed by atoms with van der Waals surface area (Å²) in [4.78, 5) is 23.1. The summed E-state index contributed by atoms with van der Waals surface area (Å²) in [6, 6.07) is 15.6. The number of hydrogen-bond donors (Lipinski definition) is 1. The zero-order chi connectivity index (χ0) is 23.4. The van der Waals surface area contributed by atoms with Crippen LogP contribution >= 0.6 is 0 Å². The molecule has 0 aliphatic carbocycles. The first kappa shape index (κ1) is 22.3. The molecule has 1 aromatic heterocycles. The lowest BCUT2D eigenvalue weighted by atomic mass is 10.1. The molecule has 2 aromatic carbocycles. The highest BCUT2D eigenvalue weighted by molar-refractivity contribution is 6.10. The molecule has 1 heterocycles. The minimum atomic E-state index is -0.585. The molecule has 0 atom stereocenters. The number of anilines is 1. The van der Waals surface area contributed by atoms with Crippen LogP contribution in [0.15, 0.2) is 54.1 Å². The Hall–Kier alpha value is -4.38. The summed E-state index contributed by atoms with van der Waals surface area (Å²) in [5.41, 5.74) is 4.30. The third-order valence-electron chi connectivity index (χ3n) is 5.13. The highest BCUT2D eigenvalue weighted by Gasteiger charge is 2.16. The van der Waals surface area contributed by atoms with Crippen molar-refractivity contribution in [2.75, 3.05) is 12.4 Å². The van der Waals surface area contributed by atoms with Gasteiger partial charge >= 0.3 is 0 Å². The first-order valence-corrected chi connectivity index (χ1v) is 9.76. The Bertz CT molecular complexity index is 1260. The Morgan fingerprint density at radius 3 is 2.41 bits per heavy atom. The largest absolute Gasteiger partial charge is 0.497 e. The Morgan fingerprint density at radius 1 is 1.16 bits per heavy atom. The van der Waals surface area contributed by atoms with Crippen LogP contribution in [0.3, 0.4) is 0 Å². The normalized spacial score (nSPS) is 11.0. The highest BCUT2D eigenvalue weighted by Crippen LogP contribution is 2.25. The van der Waals surface area contributed by atoms with Gasteiger partial charge in [0, 0.05) is 34.9 Å². The van der Waals surface area contributed by atoms with E-state index in [1.165, 1.54) is 18.2 Å². The van der Waals surface area contributed by atoms with E-state index in [9.17, 15) is 20.2 Å². The number of carbonyl (C=O) groups is 1. The summed E-state index contributed by atoms with van der Waals surface area (Å²) in [6.07, 6.45) is 1.54. The second-order valence-corrected chi connectivity index (χ2v) is 7.24. The van der Waals surface area contributed by atoms with Gasteiger partial charge in [-0.1, -0.05) is 0 Å². The van der Waals surface area contributed by atoms with Gasteiger partial charge in [0.2, 0.25) is 0 Å². The molecule has 3 aromatic rings. The Morgan fingerprint density at radius 2 is 1.84 bits per heavy atom. The summed E-state index contributed by atoms with van der Waals surface area (Å²) >= 11 is 0. The van der Waals surface area contributed by atoms with Crippen LogP contribution in [0.5, 0.6) is 5.75 Å². The van der Waals surface area contributed by atoms with Crippen molar-refractivity contribution in [3.8, 4) is 17.5 Å². The number of amides is 1. The van der Waals surface area contributed by atoms with Gasteiger partial charge < -0.3 is 14.6 Å². The number of nitrogens with zero attached hydrogens (tertiary/aromatic N) is 3. The molecule has 8 heteroatoms. The number of non-ortho nitro benzene ring substituents is 1. The van der Waals surface area contributed by atoms with E-state index in [2.05, 4.69) is 5.32 Å². The maximum Gasteiger partial charge on any atom is 0.269 e. The van der Waals surface area contributed by atoms with Crippen LogP contribution in [-0.4, -0.2) is 22.5 Å². The maximum atomic E-state index is 12.7. The van der Waals surface area contributed by atoms with Gasteiger partial charge in [-0.15, -0.1) is 0 Å². The van der Waals surface area contributed by atoms with Crippen molar-refractivity contribution in [2.45, 2.75) is 20.8 Å². The number of nitrogens with one attached hydrogen (secondary N) is 1. The first-order valence-electron chi connectivity index (χ1n) is 9.76. The van der Waals surface area contributed by atoms with Gasteiger partial charge in [0.25, 0.3) is 11.6 Å². The third-order valence-corrected chi connectivity index (χ3v) is 5.13. The van der Waals surface area contributed by atoms with Gasteiger partial charge in [0.05, 0.1) is 12.0 Å². The van der Waals surface area contributed by atoms with Crippen molar-refractivity contribution in [1.29, 1.82) is 5.26 Å². The molecule has 162 valence electrons. The number of aromatic nitrogens is 1. The van der Waals surface area contributed by atoms with E-state index in [-0.39, 0.29) is 11.3 Å². The lowest BCUT2D eigenvalue weighted by Crippen LogP contribution is -2.14. The van der Waals surface area contributed by atoms with Crippen LogP contribution < -0.4 is 10.1 Å². The van der Waals surface area contributed by atoms with Crippen molar-refractivity contribution in [1.82, 2.24) is 4.57 Å². The molecule has 0 fully saturated rings. The van der Waals surface area contributed by atoms with E-state index in [4.69, 9.17) is 4.74 Å². The molecular formula is C24H22N4O4. The van der Waals surface area contributed by atoms with Crippen LogP contribution in [0.25, 0.3) is 11.8 Å². The predicted molar refractivity (Wildman–Crippen MR) is 122 cm³/mol. The fraction of sp³-hybridized carbons (Fsp3) is 0.167. The minimum Gasteiger partial charge on any atom is -0.497 e. The molecule has 0 spiro atoms. The molecular weight excluding hydrogens is 408 g/mol. The van der Waals surface area contributed by atoms with Crippen molar-refractivity contribution in [3.05, 3.63) is 86.7 Å². The first-order chi connectivity index (χ1) is 15.2. The highest BCUT2D eigenvalue weighted by atomic mass is 16.6. The van der Waals surface area contributed by atoms with Gasteiger partial charge in [-0.2, -0.15) is 5.26 Å². The standard InChI is InChI=1S/C24H22N4O4/c1-15-11-21(28(30)31)7-10-23(15)26-24(29)19(14-25)13-18-12-16(2)27(17(18)3)20-5-8-22(32-4)9-6-20/h5-13H,1-4H3,(H,26,29). The zero-order valence-corrected chi connectivity index (χ0v) is 18.2. The number of aryl methyl sites for hydroxylation is 2.